The van der Waals surface area contributed by atoms with Crippen molar-refractivity contribution in [2.45, 2.75) is 89.2 Å². The molecule has 6 atom stereocenters. The van der Waals surface area contributed by atoms with E-state index in [1.807, 2.05) is 27.0 Å². The van der Waals surface area contributed by atoms with Crippen LogP contribution in [0.15, 0.2) is 54.3 Å². The van der Waals surface area contributed by atoms with Gasteiger partial charge in [0.1, 0.15) is 17.6 Å². The topological polar surface area (TPSA) is 143 Å². The molecular formula is C33H40F3NO9. The number of carbonyl (C=O) groups is 3. The van der Waals surface area contributed by atoms with Crippen molar-refractivity contribution in [3.05, 3.63) is 76.6 Å². The summed E-state index contributed by atoms with van der Waals surface area (Å²) in [6, 6.07) is 11.9. The highest BCUT2D eigenvalue weighted by molar-refractivity contribution is 5.83. The number of hydrogen-bond donors (Lipinski definition) is 3. The largest absolute Gasteiger partial charge is 0.481 e. The molecule has 3 aliphatic rings. The zero-order valence-corrected chi connectivity index (χ0v) is 25.2. The summed E-state index contributed by atoms with van der Waals surface area (Å²) < 4.78 is 49.1. The zero-order chi connectivity index (χ0) is 33.3. The summed E-state index contributed by atoms with van der Waals surface area (Å²) in [5.74, 6) is -1.08. The van der Waals surface area contributed by atoms with Crippen LogP contribution in [0, 0.1) is 6.92 Å². The molecule has 46 heavy (non-hydrogen) atoms. The fourth-order valence-electron chi connectivity index (χ4n) is 6.46. The Labute approximate surface area is 265 Å². The smallest absolute Gasteiger partial charge is 0.446 e. The molecule has 2 heterocycles. The SMILES string of the molecule is C.Cc1ccc(CO)c2c1[C@]13CCN(C)[C@H](C)[C@]1(O)CC=C(OC(=O)[C@@H](OC(=O)[C@H](C)O)c1ccccc1)[C@@H]3O2.O=CC(F)(F)F. The first kappa shape index (κ1) is 36.7. The molecule has 0 amide bonds. The van der Waals surface area contributed by atoms with Gasteiger partial charge < -0.3 is 34.4 Å². The maximum absolute atomic E-state index is 13.6. The van der Waals surface area contributed by atoms with Gasteiger partial charge in [0.05, 0.1) is 17.6 Å². The van der Waals surface area contributed by atoms with E-state index in [-0.39, 0.29) is 32.3 Å². The Morgan fingerprint density at radius 2 is 1.80 bits per heavy atom. The quantitative estimate of drug-likeness (QED) is 0.312. The lowest BCUT2D eigenvalue weighted by Gasteiger charge is -2.58. The Balaban J connectivity index is 0.000000752. The highest BCUT2D eigenvalue weighted by atomic mass is 19.4. The molecular weight excluding hydrogens is 611 g/mol. The number of carbonyl (C=O) groups excluding carboxylic acids is 3. The molecule has 0 unspecified atom stereocenters. The Bertz CT molecular complexity index is 1460. The van der Waals surface area contributed by atoms with Crippen LogP contribution in [-0.4, -0.2) is 82.1 Å². The summed E-state index contributed by atoms with van der Waals surface area (Å²) in [7, 11) is 1.97. The van der Waals surface area contributed by atoms with E-state index in [1.54, 1.807) is 42.5 Å². The fourth-order valence-corrected chi connectivity index (χ4v) is 6.46. The number of halogens is 3. The number of alkyl halides is 3. The van der Waals surface area contributed by atoms with Crippen LogP contribution in [0.1, 0.15) is 62.5 Å². The van der Waals surface area contributed by atoms with Crippen molar-refractivity contribution in [1.82, 2.24) is 4.90 Å². The van der Waals surface area contributed by atoms with E-state index in [4.69, 9.17) is 19.0 Å². The van der Waals surface area contributed by atoms with E-state index < -0.39 is 53.7 Å². The van der Waals surface area contributed by atoms with Crippen LogP contribution < -0.4 is 4.74 Å². The van der Waals surface area contributed by atoms with Crippen LogP contribution >= 0.6 is 0 Å². The molecule has 10 nitrogen and oxygen atoms in total. The van der Waals surface area contributed by atoms with Gasteiger partial charge >= 0.3 is 18.1 Å². The molecule has 252 valence electrons. The third-order valence-corrected chi connectivity index (χ3v) is 8.85. The standard InChI is InChI=1S/C30H35NO8.C2HF3O.CH4/c1-17-10-11-21(16-32)24-23(17)29-14-15-31(4)19(3)30(29,36)13-12-22(26(29)38-24)37-28(35)25(39-27(34)18(2)33)20-8-6-5-7-9-20;3-2(4,5)1-6;/h5-12,18-19,25-26,32-33,36H,13-16H2,1-4H3;1H;1H4/t18-,19+,25-,26-,29-,30+;;/m0../s1. The normalized spacial score (nSPS) is 26.2. The molecule has 1 fully saturated rings. The lowest BCUT2D eigenvalue weighted by atomic mass is 9.54. The van der Waals surface area contributed by atoms with E-state index in [0.717, 1.165) is 11.1 Å². The van der Waals surface area contributed by atoms with Crippen LogP contribution in [0.3, 0.4) is 0 Å². The third-order valence-electron chi connectivity index (χ3n) is 8.85. The highest BCUT2D eigenvalue weighted by Crippen LogP contribution is 2.61. The average molecular weight is 652 g/mol. The highest BCUT2D eigenvalue weighted by Gasteiger charge is 2.69. The molecule has 0 aromatic heterocycles. The van der Waals surface area contributed by atoms with Gasteiger partial charge in [0, 0.05) is 29.2 Å². The predicted octanol–water partition coefficient (Wildman–Crippen LogP) is 3.82. The molecule has 0 radical (unpaired) electrons. The number of piperidine rings is 1. The second kappa shape index (κ2) is 13.9. The van der Waals surface area contributed by atoms with Crippen molar-refractivity contribution in [3.63, 3.8) is 0 Å². The minimum Gasteiger partial charge on any atom is -0.481 e. The number of aryl methyl sites for hydroxylation is 1. The number of nitrogens with zero attached hydrogens (tertiary/aromatic N) is 1. The number of hydrogen-bond acceptors (Lipinski definition) is 10. The molecule has 2 aromatic carbocycles. The van der Waals surface area contributed by atoms with Crippen LogP contribution in [0.25, 0.3) is 0 Å². The second-order valence-electron chi connectivity index (χ2n) is 11.5. The van der Waals surface area contributed by atoms with Crippen molar-refractivity contribution in [2.24, 2.45) is 0 Å². The fraction of sp³-hybridized carbons (Fsp3) is 0.485. The molecule has 1 spiro atoms. The Kier molecular flexibility index (Phi) is 11.1. The van der Waals surface area contributed by atoms with E-state index in [2.05, 4.69) is 4.90 Å². The summed E-state index contributed by atoms with van der Waals surface area (Å²) in [5.41, 5.74) is 0.534. The minimum atomic E-state index is -4.64. The first-order valence-electron chi connectivity index (χ1n) is 14.3. The first-order valence-corrected chi connectivity index (χ1v) is 14.3. The summed E-state index contributed by atoms with van der Waals surface area (Å²) in [5, 5.41) is 32.2. The van der Waals surface area contributed by atoms with Crippen LogP contribution in [0.4, 0.5) is 13.2 Å². The van der Waals surface area contributed by atoms with Crippen molar-refractivity contribution in [2.75, 3.05) is 13.6 Å². The van der Waals surface area contributed by atoms with E-state index in [0.29, 0.717) is 29.8 Å². The minimum absolute atomic E-state index is 0. The number of aldehydes is 1. The zero-order valence-electron chi connectivity index (χ0n) is 25.2. The van der Waals surface area contributed by atoms with Gasteiger partial charge in [0.15, 0.2) is 6.10 Å². The number of likely N-dealkylation sites (N-methyl/N-ethyl adjacent to an activating group) is 1. The molecule has 2 aromatic rings. The lowest BCUT2D eigenvalue weighted by molar-refractivity contribution is -0.176. The number of fused-ring (bicyclic) bond motifs is 1. The van der Waals surface area contributed by atoms with Gasteiger partial charge in [0.2, 0.25) is 12.4 Å². The molecule has 5 rings (SSSR count). The van der Waals surface area contributed by atoms with Gasteiger partial charge in [-0.05, 0) is 52.4 Å². The number of likely N-dealkylation sites (tertiary alicyclic amines) is 1. The van der Waals surface area contributed by atoms with E-state index in [9.17, 15) is 38.1 Å². The molecule has 0 saturated carbocycles. The molecule has 3 N–H and O–H groups in total. The first-order chi connectivity index (χ1) is 21.1. The predicted molar refractivity (Wildman–Crippen MR) is 159 cm³/mol. The van der Waals surface area contributed by atoms with Gasteiger partial charge in [-0.3, -0.25) is 4.79 Å². The van der Waals surface area contributed by atoms with Gasteiger partial charge in [-0.15, -0.1) is 0 Å². The Morgan fingerprint density at radius 1 is 1.17 bits per heavy atom. The van der Waals surface area contributed by atoms with Crippen LogP contribution in [0.2, 0.25) is 0 Å². The summed E-state index contributed by atoms with van der Waals surface area (Å²) in [6.07, 6.45) is -6.98. The number of aliphatic hydroxyl groups is 3. The third kappa shape index (κ3) is 6.55. The number of esters is 2. The maximum atomic E-state index is 13.6. The van der Waals surface area contributed by atoms with Gasteiger partial charge in [0.25, 0.3) is 0 Å². The molecule has 1 aliphatic carbocycles. The van der Waals surface area contributed by atoms with Gasteiger partial charge in [-0.2, -0.15) is 13.2 Å². The van der Waals surface area contributed by atoms with Crippen LogP contribution in [-0.2, 0) is 35.9 Å². The Hall–Kier alpha value is -3.78. The van der Waals surface area contributed by atoms with Gasteiger partial charge in [-0.1, -0.05) is 49.9 Å². The summed E-state index contributed by atoms with van der Waals surface area (Å²) in [6.45, 7) is 5.62. The molecule has 13 heteroatoms. The average Bonchev–Trinajstić information content (AvgIpc) is 3.37. The number of aliphatic hydroxyl groups excluding tert-OH is 2. The molecule has 0 bridgehead atoms. The van der Waals surface area contributed by atoms with Crippen molar-refractivity contribution in [1.29, 1.82) is 0 Å². The number of rotatable bonds is 6. The second-order valence-corrected chi connectivity index (χ2v) is 11.5. The van der Waals surface area contributed by atoms with Crippen molar-refractivity contribution < 1.29 is 57.1 Å². The monoisotopic (exact) mass is 651 g/mol. The Morgan fingerprint density at radius 3 is 2.37 bits per heavy atom. The summed E-state index contributed by atoms with van der Waals surface area (Å²) >= 11 is 0. The molecule has 2 aliphatic heterocycles. The lowest BCUT2D eigenvalue weighted by Crippen LogP contribution is -2.71. The van der Waals surface area contributed by atoms with Crippen molar-refractivity contribution in [3.8, 4) is 5.75 Å². The van der Waals surface area contributed by atoms with Crippen molar-refractivity contribution >= 4 is 18.2 Å². The molecule has 1 saturated heterocycles. The number of ether oxygens (including phenoxy) is 3. The van der Waals surface area contributed by atoms with Crippen LogP contribution in [0.5, 0.6) is 5.75 Å². The summed E-state index contributed by atoms with van der Waals surface area (Å²) in [4.78, 5) is 36.7. The number of benzene rings is 2. The van der Waals surface area contributed by atoms with Gasteiger partial charge in [-0.25, -0.2) is 9.59 Å². The van der Waals surface area contributed by atoms with E-state index >= 15 is 0 Å². The van der Waals surface area contributed by atoms with E-state index in [1.165, 1.54) is 6.92 Å². The maximum Gasteiger partial charge on any atom is 0.446 e.